The minimum atomic E-state index is -2.04. The van der Waals surface area contributed by atoms with Gasteiger partial charge in [0.2, 0.25) is 8.32 Å². The standard InChI is InChI=1S/C21H32O3Si/c1-8-20(21(22)23-14-19-12-10-9-11-13-19)15-24-25(16(2)3,17(4)5)18(6)7/h9-13,16-18H,1,14-15H2,2-7H3. The molecule has 3 nitrogen and oxygen atoms in total. The molecule has 0 unspecified atom stereocenters. The van der Waals surface area contributed by atoms with Gasteiger partial charge in [-0.1, -0.05) is 78.5 Å². The highest BCUT2D eigenvalue weighted by atomic mass is 28.4. The van der Waals surface area contributed by atoms with E-state index in [4.69, 9.17) is 9.16 Å². The van der Waals surface area contributed by atoms with Crippen molar-refractivity contribution in [1.82, 2.24) is 0 Å². The second-order valence-corrected chi connectivity index (χ2v) is 12.8. The normalized spacial score (nSPS) is 11.7. The van der Waals surface area contributed by atoms with Crippen molar-refractivity contribution in [2.24, 2.45) is 0 Å². The molecule has 0 heterocycles. The summed E-state index contributed by atoms with van der Waals surface area (Å²) in [4.78, 5) is 12.3. The van der Waals surface area contributed by atoms with Crippen LogP contribution in [0.3, 0.4) is 0 Å². The fraction of sp³-hybridized carbons (Fsp3) is 0.524. The van der Waals surface area contributed by atoms with Gasteiger partial charge < -0.3 is 9.16 Å². The van der Waals surface area contributed by atoms with E-state index in [-0.39, 0.29) is 13.2 Å². The Morgan fingerprint density at radius 3 is 2.00 bits per heavy atom. The second kappa shape index (κ2) is 9.76. The molecule has 0 aliphatic heterocycles. The molecule has 138 valence electrons. The molecular formula is C21H32O3Si. The first-order valence-electron chi connectivity index (χ1n) is 8.99. The van der Waals surface area contributed by atoms with Crippen LogP contribution in [0, 0.1) is 0 Å². The van der Waals surface area contributed by atoms with Gasteiger partial charge in [-0.15, -0.1) is 5.73 Å². The van der Waals surface area contributed by atoms with Crippen LogP contribution in [0.5, 0.6) is 0 Å². The van der Waals surface area contributed by atoms with Crippen molar-refractivity contribution < 1.29 is 14.0 Å². The monoisotopic (exact) mass is 360 g/mol. The third-order valence-corrected chi connectivity index (χ3v) is 10.9. The zero-order chi connectivity index (χ0) is 19.0. The van der Waals surface area contributed by atoms with Gasteiger partial charge in [-0.05, 0) is 22.2 Å². The van der Waals surface area contributed by atoms with E-state index in [1.807, 2.05) is 30.3 Å². The molecule has 1 rings (SSSR count). The first-order valence-corrected chi connectivity index (χ1v) is 11.1. The highest BCUT2D eigenvalue weighted by Gasteiger charge is 2.45. The summed E-state index contributed by atoms with van der Waals surface area (Å²) in [6.45, 7) is 17.4. The number of ether oxygens (including phenoxy) is 1. The molecule has 0 atom stereocenters. The topological polar surface area (TPSA) is 35.5 Å². The lowest BCUT2D eigenvalue weighted by molar-refractivity contribution is -0.140. The van der Waals surface area contributed by atoms with E-state index in [9.17, 15) is 4.79 Å². The molecule has 0 aromatic heterocycles. The quantitative estimate of drug-likeness (QED) is 0.248. The van der Waals surface area contributed by atoms with Crippen LogP contribution >= 0.6 is 0 Å². The molecule has 0 bridgehead atoms. The Bertz CT molecular complexity index is 577. The van der Waals surface area contributed by atoms with Crippen molar-refractivity contribution in [3.63, 3.8) is 0 Å². The van der Waals surface area contributed by atoms with E-state index in [2.05, 4.69) is 53.9 Å². The van der Waals surface area contributed by atoms with Crippen LogP contribution in [0.4, 0.5) is 0 Å². The van der Waals surface area contributed by atoms with Crippen LogP contribution in [0.25, 0.3) is 0 Å². The number of carbonyl (C=O) groups is 1. The summed E-state index contributed by atoms with van der Waals surface area (Å²) < 4.78 is 11.8. The SMILES string of the molecule is C=C=C(CO[Si](C(C)C)(C(C)C)C(C)C)C(=O)OCc1ccccc1. The van der Waals surface area contributed by atoms with Crippen molar-refractivity contribution in [3.05, 3.63) is 53.8 Å². The number of benzene rings is 1. The van der Waals surface area contributed by atoms with Crippen molar-refractivity contribution in [2.45, 2.75) is 64.8 Å². The molecular weight excluding hydrogens is 328 g/mol. The third-order valence-electron chi connectivity index (χ3n) is 4.85. The number of rotatable bonds is 9. The lowest BCUT2D eigenvalue weighted by Crippen LogP contribution is -2.48. The smallest absolute Gasteiger partial charge is 0.344 e. The average molecular weight is 361 g/mol. The Balaban J connectivity index is 2.77. The summed E-state index contributed by atoms with van der Waals surface area (Å²) in [6, 6.07) is 9.63. The molecule has 0 amide bonds. The maximum Gasteiger partial charge on any atom is 0.344 e. The van der Waals surface area contributed by atoms with E-state index in [0.717, 1.165) is 5.56 Å². The Hall–Kier alpha value is -1.61. The predicted octanol–water partition coefficient (Wildman–Crippen LogP) is 5.63. The first-order chi connectivity index (χ1) is 11.8. The van der Waals surface area contributed by atoms with Crippen LogP contribution in [-0.4, -0.2) is 20.9 Å². The minimum absolute atomic E-state index is 0.220. The van der Waals surface area contributed by atoms with Gasteiger partial charge >= 0.3 is 5.97 Å². The van der Waals surface area contributed by atoms with Crippen molar-refractivity contribution >= 4 is 14.3 Å². The Morgan fingerprint density at radius 2 is 1.56 bits per heavy atom. The molecule has 1 aromatic rings. The average Bonchev–Trinajstić information content (AvgIpc) is 2.56. The van der Waals surface area contributed by atoms with Gasteiger partial charge in [0, 0.05) is 0 Å². The lowest BCUT2D eigenvalue weighted by Gasteiger charge is -2.42. The second-order valence-electron chi connectivity index (χ2n) is 7.32. The van der Waals surface area contributed by atoms with Crippen LogP contribution < -0.4 is 0 Å². The summed E-state index contributed by atoms with van der Waals surface area (Å²) >= 11 is 0. The molecule has 4 heteroatoms. The molecule has 1 aromatic carbocycles. The highest BCUT2D eigenvalue weighted by molar-refractivity contribution is 6.77. The summed E-state index contributed by atoms with van der Waals surface area (Å²) in [5.41, 5.74) is 5.41. The molecule has 0 saturated heterocycles. The Morgan fingerprint density at radius 1 is 1.04 bits per heavy atom. The number of hydrogen-bond acceptors (Lipinski definition) is 3. The van der Waals surface area contributed by atoms with Crippen LogP contribution in [0.2, 0.25) is 16.6 Å². The van der Waals surface area contributed by atoms with Crippen molar-refractivity contribution in [1.29, 1.82) is 0 Å². The van der Waals surface area contributed by atoms with Gasteiger partial charge in [0.05, 0.1) is 6.61 Å². The summed E-state index contributed by atoms with van der Waals surface area (Å²) in [6.07, 6.45) is 0. The lowest BCUT2D eigenvalue weighted by atomic mass is 10.2. The molecule has 0 saturated carbocycles. The Labute approximate surface area is 153 Å². The molecule has 0 spiro atoms. The van der Waals surface area contributed by atoms with E-state index in [0.29, 0.717) is 22.2 Å². The van der Waals surface area contributed by atoms with Gasteiger partial charge in [0.15, 0.2) is 0 Å². The van der Waals surface area contributed by atoms with Gasteiger partial charge in [0.1, 0.15) is 12.2 Å². The van der Waals surface area contributed by atoms with Gasteiger partial charge in [-0.2, -0.15) is 0 Å². The highest BCUT2D eigenvalue weighted by Crippen LogP contribution is 2.42. The minimum Gasteiger partial charge on any atom is -0.457 e. The van der Waals surface area contributed by atoms with Gasteiger partial charge in [-0.3, -0.25) is 0 Å². The molecule has 0 aliphatic rings. The summed E-state index contributed by atoms with van der Waals surface area (Å²) in [7, 11) is -2.04. The summed E-state index contributed by atoms with van der Waals surface area (Å²) in [5, 5.41) is 0. The first kappa shape index (κ1) is 21.4. The molecule has 0 radical (unpaired) electrons. The zero-order valence-electron chi connectivity index (χ0n) is 16.5. The maximum atomic E-state index is 12.3. The van der Waals surface area contributed by atoms with E-state index < -0.39 is 14.3 Å². The fourth-order valence-electron chi connectivity index (χ4n) is 3.69. The third kappa shape index (κ3) is 5.43. The van der Waals surface area contributed by atoms with Gasteiger partial charge in [-0.25, -0.2) is 4.79 Å². The molecule has 0 N–H and O–H groups in total. The van der Waals surface area contributed by atoms with Crippen molar-refractivity contribution in [3.8, 4) is 0 Å². The van der Waals surface area contributed by atoms with E-state index in [1.54, 1.807) is 0 Å². The number of carbonyl (C=O) groups excluding carboxylic acids is 1. The fourth-order valence-corrected chi connectivity index (χ4v) is 9.08. The number of hydrogen-bond donors (Lipinski definition) is 0. The molecule has 0 aliphatic carbocycles. The van der Waals surface area contributed by atoms with E-state index in [1.165, 1.54) is 0 Å². The predicted molar refractivity (Wildman–Crippen MR) is 106 cm³/mol. The van der Waals surface area contributed by atoms with Crippen LogP contribution in [-0.2, 0) is 20.6 Å². The number of esters is 1. The largest absolute Gasteiger partial charge is 0.457 e. The molecule has 25 heavy (non-hydrogen) atoms. The van der Waals surface area contributed by atoms with Crippen molar-refractivity contribution in [2.75, 3.05) is 6.61 Å². The van der Waals surface area contributed by atoms with Crippen LogP contribution in [0.1, 0.15) is 47.1 Å². The maximum absolute atomic E-state index is 12.3. The van der Waals surface area contributed by atoms with Crippen LogP contribution in [0.15, 0.2) is 48.2 Å². The summed E-state index contributed by atoms with van der Waals surface area (Å²) in [5.74, 6) is -0.405. The Kier molecular flexibility index (Phi) is 8.37. The zero-order valence-corrected chi connectivity index (χ0v) is 17.5. The molecule has 0 fully saturated rings. The van der Waals surface area contributed by atoms with Gasteiger partial charge in [0.25, 0.3) is 0 Å². The van der Waals surface area contributed by atoms with E-state index >= 15 is 0 Å².